The molecule has 0 aliphatic heterocycles. The smallest absolute Gasteiger partial charge is 0.242 e. The van der Waals surface area contributed by atoms with Crippen LogP contribution in [0.5, 0.6) is 0 Å². The van der Waals surface area contributed by atoms with Gasteiger partial charge in [0.05, 0.1) is 6.42 Å². The molecule has 0 bridgehead atoms. The van der Waals surface area contributed by atoms with Crippen LogP contribution < -0.4 is 5.32 Å². The number of rotatable bonds is 8. The molecule has 0 heterocycles. The Balaban J connectivity index is 2.24. The molecule has 2 amide bonds. The van der Waals surface area contributed by atoms with Crippen LogP contribution in [-0.4, -0.2) is 36.3 Å². The van der Waals surface area contributed by atoms with Crippen LogP contribution in [0.1, 0.15) is 24.5 Å². The summed E-state index contributed by atoms with van der Waals surface area (Å²) < 4.78 is 14.1. The van der Waals surface area contributed by atoms with Crippen LogP contribution >= 0.6 is 11.6 Å². The van der Waals surface area contributed by atoms with Crippen molar-refractivity contribution in [1.82, 2.24) is 10.2 Å². The highest BCUT2D eigenvalue weighted by Crippen LogP contribution is 2.21. The van der Waals surface area contributed by atoms with Crippen molar-refractivity contribution in [1.29, 1.82) is 0 Å². The van der Waals surface area contributed by atoms with Gasteiger partial charge in [-0.2, -0.15) is 0 Å². The Morgan fingerprint density at radius 2 is 1.85 bits per heavy atom. The van der Waals surface area contributed by atoms with Crippen molar-refractivity contribution in [3.05, 3.63) is 70.5 Å². The predicted octanol–water partition coefficient (Wildman–Crippen LogP) is 3.62. The Morgan fingerprint density at radius 3 is 2.44 bits per heavy atom. The highest BCUT2D eigenvalue weighted by Gasteiger charge is 2.28. The molecule has 0 radical (unpaired) electrons. The minimum absolute atomic E-state index is 0.153. The molecule has 4 nitrogen and oxygen atoms in total. The number of carbonyl (C=O) groups excluding carboxylic acids is 2. The first kappa shape index (κ1) is 20.9. The third-order valence-corrected chi connectivity index (χ3v) is 4.86. The lowest BCUT2D eigenvalue weighted by Crippen LogP contribution is -2.50. The second-order valence-electron chi connectivity index (χ2n) is 6.24. The van der Waals surface area contributed by atoms with Crippen LogP contribution in [0.15, 0.2) is 48.5 Å². The Labute approximate surface area is 164 Å². The van der Waals surface area contributed by atoms with E-state index in [1.54, 1.807) is 13.1 Å². The minimum atomic E-state index is -0.614. The molecule has 0 saturated heterocycles. The van der Waals surface area contributed by atoms with E-state index in [1.807, 2.05) is 37.3 Å². The summed E-state index contributed by atoms with van der Waals surface area (Å²) in [5.74, 6) is -1.08. The maximum absolute atomic E-state index is 14.1. The number of likely N-dealkylation sites (N-methyl/N-ethyl adjacent to an activating group) is 1. The van der Waals surface area contributed by atoms with Gasteiger partial charge in [-0.1, -0.05) is 54.9 Å². The van der Waals surface area contributed by atoms with Gasteiger partial charge >= 0.3 is 0 Å². The highest BCUT2D eigenvalue weighted by molar-refractivity contribution is 6.31. The number of hydrogen-bond donors (Lipinski definition) is 1. The first-order valence-corrected chi connectivity index (χ1v) is 9.33. The van der Waals surface area contributed by atoms with E-state index in [9.17, 15) is 14.0 Å². The molecule has 0 saturated carbocycles. The lowest BCUT2D eigenvalue weighted by atomic mass is 10.1. The fraction of sp³-hybridized carbons (Fsp3) is 0.333. The number of benzene rings is 2. The summed E-state index contributed by atoms with van der Waals surface area (Å²) in [4.78, 5) is 26.8. The Hall–Kier alpha value is -2.40. The molecule has 0 fully saturated rings. The van der Waals surface area contributed by atoms with Gasteiger partial charge in [-0.15, -0.1) is 0 Å². The fourth-order valence-electron chi connectivity index (χ4n) is 3.02. The third kappa shape index (κ3) is 5.54. The van der Waals surface area contributed by atoms with E-state index in [0.29, 0.717) is 19.4 Å². The summed E-state index contributed by atoms with van der Waals surface area (Å²) in [5, 5.41) is 2.81. The van der Waals surface area contributed by atoms with Gasteiger partial charge in [-0.3, -0.25) is 9.59 Å². The molecule has 144 valence electrons. The summed E-state index contributed by atoms with van der Waals surface area (Å²) in [6, 6.07) is 13.4. The highest BCUT2D eigenvalue weighted by atomic mass is 35.5. The third-order valence-electron chi connectivity index (χ3n) is 4.51. The van der Waals surface area contributed by atoms with E-state index in [4.69, 9.17) is 11.6 Å². The van der Waals surface area contributed by atoms with Gasteiger partial charge in [-0.05, 0) is 30.5 Å². The predicted molar refractivity (Wildman–Crippen MR) is 105 cm³/mol. The maximum Gasteiger partial charge on any atom is 0.242 e. The van der Waals surface area contributed by atoms with Gasteiger partial charge in [0.25, 0.3) is 0 Å². The van der Waals surface area contributed by atoms with Crippen LogP contribution in [0.2, 0.25) is 5.02 Å². The zero-order chi connectivity index (χ0) is 19.8. The van der Waals surface area contributed by atoms with Gasteiger partial charge in [0.15, 0.2) is 0 Å². The van der Waals surface area contributed by atoms with Crippen LogP contribution in [0.4, 0.5) is 4.39 Å². The maximum atomic E-state index is 14.1. The van der Waals surface area contributed by atoms with Gasteiger partial charge in [0.1, 0.15) is 11.9 Å². The molecule has 6 heteroatoms. The van der Waals surface area contributed by atoms with Crippen LogP contribution in [0, 0.1) is 5.82 Å². The second-order valence-corrected chi connectivity index (χ2v) is 6.65. The van der Waals surface area contributed by atoms with Gasteiger partial charge in [0, 0.05) is 24.2 Å². The molecule has 27 heavy (non-hydrogen) atoms. The molecular weight excluding hydrogens is 367 g/mol. The molecule has 0 unspecified atom stereocenters. The summed E-state index contributed by atoms with van der Waals surface area (Å²) >= 11 is 6.06. The molecule has 0 aliphatic rings. The molecule has 2 aromatic carbocycles. The molecule has 1 N–H and O–H groups in total. The molecule has 1 atom stereocenters. The lowest BCUT2D eigenvalue weighted by molar-refractivity contribution is -0.140. The van der Waals surface area contributed by atoms with E-state index < -0.39 is 11.9 Å². The average Bonchev–Trinajstić information content (AvgIpc) is 2.68. The molecule has 2 aromatic rings. The van der Waals surface area contributed by atoms with E-state index >= 15 is 0 Å². The van der Waals surface area contributed by atoms with Gasteiger partial charge < -0.3 is 10.2 Å². The molecule has 0 spiro atoms. The number of halogens is 2. The summed E-state index contributed by atoms with van der Waals surface area (Å²) in [6.45, 7) is 2.21. The van der Waals surface area contributed by atoms with Crippen molar-refractivity contribution in [2.45, 2.75) is 32.2 Å². The normalized spacial score (nSPS) is 11.7. The lowest BCUT2D eigenvalue weighted by Gasteiger charge is -2.30. The minimum Gasteiger partial charge on any atom is -0.357 e. The van der Waals surface area contributed by atoms with Crippen LogP contribution in [0.3, 0.4) is 0 Å². The van der Waals surface area contributed by atoms with Crippen molar-refractivity contribution in [2.75, 3.05) is 13.6 Å². The number of amides is 2. The van der Waals surface area contributed by atoms with E-state index in [2.05, 4.69) is 5.32 Å². The Morgan fingerprint density at radius 1 is 1.15 bits per heavy atom. The SMILES string of the molecule is CC[C@@H](C(=O)NC)N(CCc1ccccc1)C(=O)Cc1c(F)cccc1Cl. The molecule has 0 aliphatic carbocycles. The molecular formula is C21H24ClFN2O2. The number of nitrogens with zero attached hydrogens (tertiary/aromatic N) is 1. The van der Waals surface area contributed by atoms with Gasteiger partial charge in [-0.25, -0.2) is 4.39 Å². The van der Waals surface area contributed by atoms with Crippen LogP contribution in [-0.2, 0) is 22.4 Å². The average molecular weight is 391 g/mol. The summed E-state index contributed by atoms with van der Waals surface area (Å²) in [7, 11) is 1.54. The number of hydrogen-bond acceptors (Lipinski definition) is 2. The van der Waals surface area contributed by atoms with Crippen molar-refractivity contribution in [2.24, 2.45) is 0 Å². The largest absolute Gasteiger partial charge is 0.357 e. The first-order valence-electron chi connectivity index (χ1n) is 8.95. The van der Waals surface area contributed by atoms with Crippen molar-refractivity contribution < 1.29 is 14.0 Å². The fourth-order valence-corrected chi connectivity index (χ4v) is 3.25. The van der Waals surface area contributed by atoms with Crippen LogP contribution in [0.25, 0.3) is 0 Å². The zero-order valence-corrected chi connectivity index (χ0v) is 16.3. The topological polar surface area (TPSA) is 49.4 Å². The molecule has 0 aromatic heterocycles. The second kappa shape index (κ2) is 10.1. The van der Waals surface area contributed by atoms with Crippen molar-refractivity contribution in [3.8, 4) is 0 Å². The van der Waals surface area contributed by atoms with Gasteiger partial charge in [0.2, 0.25) is 11.8 Å². The Bertz CT molecular complexity index is 763. The number of carbonyl (C=O) groups is 2. The monoisotopic (exact) mass is 390 g/mol. The first-order chi connectivity index (χ1) is 13.0. The number of nitrogens with one attached hydrogen (secondary N) is 1. The summed E-state index contributed by atoms with van der Waals surface area (Å²) in [5.41, 5.74) is 1.21. The molecule has 2 rings (SSSR count). The van der Waals surface area contributed by atoms with Crippen molar-refractivity contribution in [3.63, 3.8) is 0 Å². The standard InChI is InChI=1S/C21H24ClFN2O2/c1-3-19(21(27)24-2)25(13-12-15-8-5-4-6-9-15)20(26)14-16-17(22)10-7-11-18(16)23/h4-11,19H,3,12-14H2,1-2H3,(H,24,27)/t19-/m0/s1. The quantitative estimate of drug-likeness (QED) is 0.748. The summed E-state index contributed by atoms with van der Waals surface area (Å²) in [6.07, 6.45) is 0.879. The van der Waals surface area contributed by atoms with Crippen molar-refractivity contribution >= 4 is 23.4 Å². The van der Waals surface area contributed by atoms with E-state index in [1.165, 1.54) is 17.0 Å². The Kier molecular flexibility index (Phi) is 7.80. The van der Waals surface area contributed by atoms with E-state index in [0.717, 1.165) is 5.56 Å². The zero-order valence-electron chi connectivity index (χ0n) is 15.5. The van der Waals surface area contributed by atoms with E-state index in [-0.39, 0.29) is 28.8 Å².